The van der Waals surface area contributed by atoms with Crippen molar-refractivity contribution in [3.8, 4) is 0 Å². The van der Waals surface area contributed by atoms with Gasteiger partial charge in [-0.05, 0) is 16.5 Å². The molecular formula is C14H19N3O. The largest absolute Gasteiger partial charge is 0.382 e. The fraction of sp³-hybridized carbons (Fsp3) is 0.429. The molecule has 0 saturated carbocycles. The van der Waals surface area contributed by atoms with Crippen molar-refractivity contribution in [1.82, 2.24) is 15.0 Å². The molecule has 4 nitrogen and oxygen atoms in total. The van der Waals surface area contributed by atoms with E-state index in [0.29, 0.717) is 5.69 Å². The van der Waals surface area contributed by atoms with Gasteiger partial charge in [0, 0.05) is 7.05 Å². The van der Waals surface area contributed by atoms with Gasteiger partial charge >= 0.3 is 0 Å². The second kappa shape index (κ2) is 4.53. The van der Waals surface area contributed by atoms with Crippen LogP contribution in [0.15, 0.2) is 30.5 Å². The van der Waals surface area contributed by atoms with E-state index in [-0.39, 0.29) is 5.41 Å². The molecule has 1 aromatic carbocycles. The molecule has 1 N–H and O–H groups in total. The molecule has 1 aromatic heterocycles. The minimum atomic E-state index is -0.694. The first-order chi connectivity index (χ1) is 8.41. The maximum absolute atomic E-state index is 10.5. The summed E-state index contributed by atoms with van der Waals surface area (Å²) in [5.41, 5.74) is 2.74. The van der Waals surface area contributed by atoms with Gasteiger partial charge in [0.25, 0.3) is 0 Å². The highest BCUT2D eigenvalue weighted by Crippen LogP contribution is 2.31. The third kappa shape index (κ3) is 2.29. The van der Waals surface area contributed by atoms with Crippen LogP contribution in [0, 0.1) is 0 Å². The fourth-order valence-electron chi connectivity index (χ4n) is 2.12. The summed E-state index contributed by atoms with van der Waals surface area (Å²) < 4.78 is 1.60. The minimum absolute atomic E-state index is 0.0103. The number of aryl methyl sites for hydroxylation is 1. The molecule has 2 aromatic rings. The molecule has 0 fully saturated rings. The number of hydrogen-bond donors (Lipinski definition) is 1. The number of hydrogen-bond acceptors (Lipinski definition) is 3. The molecule has 0 saturated heterocycles. The topological polar surface area (TPSA) is 50.9 Å². The Bertz CT molecular complexity index is 540. The molecule has 0 aliphatic rings. The molecule has 0 bridgehead atoms. The second-order valence-corrected chi connectivity index (χ2v) is 5.52. The zero-order valence-corrected chi connectivity index (χ0v) is 11.3. The van der Waals surface area contributed by atoms with E-state index in [2.05, 4.69) is 37.1 Å². The van der Waals surface area contributed by atoms with Crippen LogP contribution in [-0.2, 0) is 12.5 Å². The van der Waals surface area contributed by atoms with Crippen molar-refractivity contribution in [2.24, 2.45) is 7.05 Å². The van der Waals surface area contributed by atoms with E-state index in [9.17, 15) is 5.11 Å². The Morgan fingerprint density at radius 1 is 1.22 bits per heavy atom. The maximum atomic E-state index is 10.5. The normalized spacial score (nSPS) is 13.6. The molecule has 2 rings (SSSR count). The molecule has 0 aliphatic carbocycles. The number of aromatic nitrogens is 3. The molecule has 0 amide bonds. The third-order valence-electron chi connectivity index (χ3n) is 3.09. The van der Waals surface area contributed by atoms with Gasteiger partial charge in [0.05, 0.1) is 11.9 Å². The van der Waals surface area contributed by atoms with Crippen LogP contribution >= 0.6 is 0 Å². The van der Waals surface area contributed by atoms with E-state index < -0.39 is 6.10 Å². The number of nitrogens with zero attached hydrogens (tertiary/aromatic N) is 3. The summed E-state index contributed by atoms with van der Waals surface area (Å²) >= 11 is 0. The summed E-state index contributed by atoms with van der Waals surface area (Å²) in [5.74, 6) is 0. The smallest absolute Gasteiger partial charge is 0.123 e. The molecule has 18 heavy (non-hydrogen) atoms. The van der Waals surface area contributed by atoms with E-state index >= 15 is 0 Å². The molecule has 96 valence electrons. The van der Waals surface area contributed by atoms with Crippen LogP contribution in [0.25, 0.3) is 0 Å². The summed E-state index contributed by atoms with van der Waals surface area (Å²) in [7, 11) is 1.78. The lowest BCUT2D eigenvalue weighted by Gasteiger charge is -2.25. The average Bonchev–Trinajstić information content (AvgIpc) is 2.73. The number of rotatable bonds is 2. The molecule has 1 atom stereocenters. The summed E-state index contributed by atoms with van der Waals surface area (Å²) in [6.07, 6.45) is 0.907. The Morgan fingerprint density at radius 2 is 1.89 bits per heavy atom. The number of aliphatic hydroxyl groups is 1. The molecule has 0 aliphatic heterocycles. The zero-order chi connectivity index (χ0) is 13.3. The molecule has 1 unspecified atom stereocenters. The lowest BCUT2D eigenvalue weighted by Crippen LogP contribution is -2.17. The van der Waals surface area contributed by atoms with Gasteiger partial charge in [0.1, 0.15) is 6.10 Å². The van der Waals surface area contributed by atoms with Crippen molar-refractivity contribution in [1.29, 1.82) is 0 Å². The van der Waals surface area contributed by atoms with Gasteiger partial charge in [-0.1, -0.05) is 50.3 Å². The minimum Gasteiger partial charge on any atom is -0.382 e. The van der Waals surface area contributed by atoms with Crippen molar-refractivity contribution in [2.75, 3.05) is 0 Å². The van der Waals surface area contributed by atoms with Gasteiger partial charge in [0.2, 0.25) is 0 Å². The van der Waals surface area contributed by atoms with Crippen LogP contribution in [-0.4, -0.2) is 20.1 Å². The lowest BCUT2D eigenvalue weighted by molar-refractivity contribution is 0.207. The van der Waals surface area contributed by atoms with E-state index in [1.54, 1.807) is 17.9 Å². The van der Waals surface area contributed by atoms with Gasteiger partial charge in [-0.3, -0.25) is 0 Å². The van der Waals surface area contributed by atoms with Crippen molar-refractivity contribution in [3.63, 3.8) is 0 Å². The van der Waals surface area contributed by atoms with Crippen LogP contribution < -0.4 is 0 Å². The quantitative estimate of drug-likeness (QED) is 0.882. The van der Waals surface area contributed by atoms with Crippen LogP contribution in [0.4, 0.5) is 0 Å². The molecule has 1 heterocycles. The Balaban J connectivity index is 2.49. The van der Waals surface area contributed by atoms with Crippen LogP contribution in [0.3, 0.4) is 0 Å². The molecule has 0 spiro atoms. The van der Waals surface area contributed by atoms with Gasteiger partial charge in [-0.15, -0.1) is 5.10 Å². The summed E-state index contributed by atoms with van der Waals surface area (Å²) in [4.78, 5) is 0. The average molecular weight is 245 g/mol. The monoisotopic (exact) mass is 245 g/mol. The predicted molar refractivity (Wildman–Crippen MR) is 70.2 cm³/mol. The maximum Gasteiger partial charge on any atom is 0.123 e. The van der Waals surface area contributed by atoms with Crippen molar-refractivity contribution >= 4 is 0 Å². The highest BCUT2D eigenvalue weighted by Gasteiger charge is 2.23. The lowest BCUT2D eigenvalue weighted by atomic mass is 9.82. The summed E-state index contributed by atoms with van der Waals surface area (Å²) in [6, 6.07) is 7.95. The number of aliphatic hydroxyl groups excluding tert-OH is 1. The van der Waals surface area contributed by atoms with E-state index in [1.807, 2.05) is 18.2 Å². The first-order valence-corrected chi connectivity index (χ1v) is 6.03. The highest BCUT2D eigenvalue weighted by molar-refractivity contribution is 5.37. The van der Waals surface area contributed by atoms with Crippen molar-refractivity contribution in [3.05, 3.63) is 47.3 Å². The van der Waals surface area contributed by atoms with Gasteiger partial charge in [-0.2, -0.15) is 0 Å². The Morgan fingerprint density at radius 3 is 2.44 bits per heavy atom. The second-order valence-electron chi connectivity index (χ2n) is 5.52. The van der Waals surface area contributed by atoms with E-state index in [4.69, 9.17) is 0 Å². The first-order valence-electron chi connectivity index (χ1n) is 6.03. The molecular weight excluding hydrogens is 226 g/mol. The Hall–Kier alpha value is -1.68. The highest BCUT2D eigenvalue weighted by atomic mass is 16.3. The van der Waals surface area contributed by atoms with Gasteiger partial charge < -0.3 is 5.11 Å². The summed E-state index contributed by atoms with van der Waals surface area (Å²) in [5, 5.41) is 18.2. The Labute approximate surface area is 107 Å². The SMILES string of the molecule is Cn1nncc1C(O)c1ccccc1C(C)(C)C. The van der Waals surface area contributed by atoms with Crippen LogP contribution in [0.2, 0.25) is 0 Å². The fourth-order valence-corrected chi connectivity index (χ4v) is 2.12. The first kappa shape index (κ1) is 12.8. The van der Waals surface area contributed by atoms with Crippen molar-refractivity contribution in [2.45, 2.75) is 32.3 Å². The van der Waals surface area contributed by atoms with Crippen LogP contribution in [0.5, 0.6) is 0 Å². The van der Waals surface area contributed by atoms with Crippen LogP contribution in [0.1, 0.15) is 43.7 Å². The van der Waals surface area contributed by atoms with Gasteiger partial charge in [-0.25, -0.2) is 4.68 Å². The molecule has 4 heteroatoms. The molecule has 0 radical (unpaired) electrons. The van der Waals surface area contributed by atoms with E-state index in [0.717, 1.165) is 11.1 Å². The van der Waals surface area contributed by atoms with Crippen molar-refractivity contribution < 1.29 is 5.11 Å². The predicted octanol–water partition coefficient (Wildman–Crippen LogP) is 2.19. The summed E-state index contributed by atoms with van der Waals surface area (Å²) in [6.45, 7) is 6.42. The van der Waals surface area contributed by atoms with E-state index in [1.165, 1.54) is 0 Å². The zero-order valence-electron chi connectivity index (χ0n) is 11.3. The third-order valence-corrected chi connectivity index (χ3v) is 3.09. The standard InChI is InChI=1S/C14H19N3O/c1-14(2,3)11-8-6-5-7-10(11)13(18)12-9-15-16-17(12)4/h5-9,13,18H,1-4H3. The Kier molecular flexibility index (Phi) is 3.22. The number of benzene rings is 1. The van der Waals surface area contributed by atoms with Gasteiger partial charge in [0.15, 0.2) is 0 Å².